The number of benzene rings is 4. The number of amides is 1. The quantitative estimate of drug-likeness (QED) is 0.0408. The van der Waals surface area contributed by atoms with Crippen molar-refractivity contribution >= 4 is 17.5 Å². The summed E-state index contributed by atoms with van der Waals surface area (Å²) in [6.07, 6.45) is 0.223. The van der Waals surface area contributed by atoms with E-state index >= 15 is 0 Å². The summed E-state index contributed by atoms with van der Waals surface area (Å²) in [6, 6.07) is 31.3. The summed E-state index contributed by atoms with van der Waals surface area (Å²) in [5.74, 6) is 0.368. The fourth-order valence-corrected chi connectivity index (χ4v) is 5.50. The van der Waals surface area contributed by atoms with Crippen LogP contribution in [0.4, 0.5) is 5.69 Å². The Kier molecular flexibility index (Phi) is 11.6. The van der Waals surface area contributed by atoms with Gasteiger partial charge in [-0.05, 0) is 64.0 Å². The van der Waals surface area contributed by atoms with E-state index in [1.807, 2.05) is 54.6 Å². The maximum Gasteiger partial charge on any atom is 0.266 e. The first kappa shape index (κ1) is 33.5. The van der Waals surface area contributed by atoms with Crippen molar-refractivity contribution in [2.75, 3.05) is 19.8 Å². The number of rotatable bonds is 16. The molecule has 1 amide bonds. The van der Waals surface area contributed by atoms with Gasteiger partial charge >= 0.3 is 0 Å². The molecule has 1 aliphatic rings. The highest BCUT2D eigenvalue weighted by Crippen LogP contribution is 2.44. The first-order valence-corrected chi connectivity index (χ1v) is 15.5. The van der Waals surface area contributed by atoms with E-state index in [-0.39, 0.29) is 25.5 Å². The van der Waals surface area contributed by atoms with Crippen molar-refractivity contribution in [2.45, 2.75) is 37.5 Å². The fraction of sp³-hybridized carbons (Fsp3) is 0.257. The summed E-state index contributed by atoms with van der Waals surface area (Å²) in [6.45, 7) is 0.875. The number of hydrogen-bond donors (Lipinski definition) is 3. The number of nitrogens with one attached hydrogen (secondary N) is 2. The van der Waals surface area contributed by atoms with E-state index in [0.717, 1.165) is 5.56 Å². The Morgan fingerprint density at radius 2 is 1.67 bits per heavy atom. The van der Waals surface area contributed by atoms with Crippen molar-refractivity contribution in [2.24, 2.45) is 15.2 Å². The zero-order valence-electron chi connectivity index (χ0n) is 26.1. The maximum atomic E-state index is 14.6. The number of hydrogen-bond acceptors (Lipinski definition) is 8. The molecule has 244 valence electrons. The van der Waals surface area contributed by atoms with Crippen LogP contribution in [0.2, 0.25) is 0 Å². The van der Waals surface area contributed by atoms with Crippen LogP contribution in [-0.2, 0) is 28.9 Å². The molecular weight excluding hydrogens is 610 g/mol. The molecule has 1 heterocycles. The normalized spacial score (nSPS) is 16.5. The molecule has 5 rings (SSSR count). The Labute approximate surface area is 277 Å². The second-order valence-electron chi connectivity index (χ2n) is 11.0. The lowest BCUT2D eigenvalue weighted by molar-refractivity contribution is -0.130. The van der Waals surface area contributed by atoms with E-state index in [1.165, 1.54) is 0 Å². The number of hydrazine groups is 1. The summed E-state index contributed by atoms with van der Waals surface area (Å²) in [7, 11) is 0. The molecule has 4 aromatic rings. The zero-order valence-corrected chi connectivity index (χ0v) is 26.1. The molecule has 13 heteroatoms. The molecule has 0 aromatic heterocycles. The van der Waals surface area contributed by atoms with Crippen LogP contribution >= 0.6 is 0 Å². The van der Waals surface area contributed by atoms with Gasteiger partial charge in [0.2, 0.25) is 5.90 Å². The largest absolute Gasteiger partial charge is 0.494 e. The van der Waals surface area contributed by atoms with Crippen molar-refractivity contribution < 1.29 is 19.4 Å². The van der Waals surface area contributed by atoms with E-state index in [2.05, 4.69) is 30.9 Å². The number of nitrogens with zero attached hydrogens (tertiary/aromatic N) is 7. The molecule has 0 bridgehead atoms. The first-order valence-electron chi connectivity index (χ1n) is 15.5. The third-order valence-electron chi connectivity index (χ3n) is 7.86. The number of carbonyl (C=O) groups excluding carboxylic acids is 1. The van der Waals surface area contributed by atoms with Crippen LogP contribution in [0.1, 0.15) is 40.3 Å². The van der Waals surface area contributed by atoms with E-state index in [0.29, 0.717) is 59.7 Å². The summed E-state index contributed by atoms with van der Waals surface area (Å²) in [4.78, 5) is 25.5. The molecule has 1 aliphatic heterocycles. The topological polar surface area (TPSA) is 190 Å². The lowest BCUT2D eigenvalue weighted by Crippen LogP contribution is -2.54. The number of aliphatic hydroxyl groups is 1. The van der Waals surface area contributed by atoms with Crippen molar-refractivity contribution in [1.82, 2.24) is 10.9 Å². The van der Waals surface area contributed by atoms with Gasteiger partial charge in [0.15, 0.2) is 11.6 Å². The lowest BCUT2D eigenvalue weighted by Gasteiger charge is -2.32. The Hall–Kier alpha value is -5.84. The number of azide groups is 2. The number of aliphatic imine (C=N–C) groups is 1. The minimum Gasteiger partial charge on any atom is -0.494 e. The van der Waals surface area contributed by atoms with Gasteiger partial charge < -0.3 is 14.6 Å². The van der Waals surface area contributed by atoms with E-state index in [1.54, 1.807) is 48.5 Å². The van der Waals surface area contributed by atoms with Gasteiger partial charge in [-0.25, -0.2) is 10.4 Å². The van der Waals surface area contributed by atoms with Crippen LogP contribution in [0.25, 0.3) is 20.9 Å². The van der Waals surface area contributed by atoms with Gasteiger partial charge in [0.1, 0.15) is 5.75 Å². The standard InChI is InChI=1S/C35H35N9O4/c36-43-39-24-28-12-4-6-13-30(28)32-35(23-27-11-5-7-14-31(27)41-44-37,34(46)42-38-20-19-25-9-2-1-3-10-25)40-33(48-32)26-15-17-29(18-16-26)47-22-8-21-45/h1-7,9-18,32,38,45H,8,19-24H2,(H,42,46)/t32-,35-/m0/s1. The molecule has 0 spiro atoms. The summed E-state index contributed by atoms with van der Waals surface area (Å²) in [5, 5.41) is 16.8. The molecule has 0 fully saturated rings. The number of aliphatic hydroxyl groups excluding tert-OH is 1. The Bertz CT molecular complexity index is 1820. The fourth-order valence-electron chi connectivity index (χ4n) is 5.50. The van der Waals surface area contributed by atoms with Crippen LogP contribution in [0, 0.1) is 0 Å². The second kappa shape index (κ2) is 16.6. The van der Waals surface area contributed by atoms with Gasteiger partial charge in [0, 0.05) is 47.1 Å². The van der Waals surface area contributed by atoms with Gasteiger partial charge in [-0.15, -0.1) is 0 Å². The van der Waals surface area contributed by atoms with E-state index < -0.39 is 17.6 Å². The molecule has 4 aromatic carbocycles. The van der Waals surface area contributed by atoms with Gasteiger partial charge in [0.05, 0.1) is 13.2 Å². The highest BCUT2D eigenvalue weighted by molar-refractivity contribution is 6.01. The number of ether oxygens (including phenoxy) is 2. The predicted octanol–water partition coefficient (Wildman–Crippen LogP) is 6.56. The average Bonchev–Trinajstić information content (AvgIpc) is 3.51. The molecule has 0 unspecified atom stereocenters. The minimum absolute atomic E-state index is 0.0146. The summed E-state index contributed by atoms with van der Waals surface area (Å²) in [5.41, 5.74) is 26.7. The Morgan fingerprint density at radius 1 is 0.938 bits per heavy atom. The monoisotopic (exact) mass is 645 g/mol. The lowest BCUT2D eigenvalue weighted by atomic mass is 9.80. The molecule has 0 saturated carbocycles. The van der Waals surface area contributed by atoms with Crippen LogP contribution < -0.4 is 15.6 Å². The molecule has 13 nitrogen and oxygen atoms in total. The summed E-state index contributed by atoms with van der Waals surface area (Å²) >= 11 is 0. The minimum atomic E-state index is -1.60. The van der Waals surface area contributed by atoms with Gasteiger partial charge in [0.25, 0.3) is 5.91 Å². The van der Waals surface area contributed by atoms with Crippen LogP contribution in [0.15, 0.2) is 118 Å². The van der Waals surface area contributed by atoms with Crippen molar-refractivity contribution in [3.05, 3.63) is 152 Å². The second-order valence-corrected chi connectivity index (χ2v) is 11.0. The zero-order chi connectivity index (χ0) is 33.6. The highest BCUT2D eigenvalue weighted by atomic mass is 16.5. The van der Waals surface area contributed by atoms with E-state index in [9.17, 15) is 10.3 Å². The Morgan fingerprint density at radius 3 is 2.42 bits per heavy atom. The van der Waals surface area contributed by atoms with Crippen molar-refractivity contribution in [1.29, 1.82) is 0 Å². The molecule has 0 aliphatic carbocycles. The van der Waals surface area contributed by atoms with Crippen LogP contribution in [-0.4, -0.2) is 42.2 Å². The predicted molar refractivity (Wildman–Crippen MR) is 181 cm³/mol. The van der Waals surface area contributed by atoms with Gasteiger partial charge in [-0.3, -0.25) is 10.2 Å². The van der Waals surface area contributed by atoms with Gasteiger partial charge in [-0.1, -0.05) is 89.1 Å². The highest BCUT2D eigenvalue weighted by Gasteiger charge is 2.54. The first-order chi connectivity index (χ1) is 23.6. The molecule has 48 heavy (non-hydrogen) atoms. The SMILES string of the molecule is [N-]=[N+]=NCc1ccccc1[C@@H]1OC(c2ccc(OCCCO)cc2)=N[C@]1(Cc1ccccc1N=[N+]=[N-])C(=O)NNCCc1ccccc1. The van der Waals surface area contributed by atoms with Crippen molar-refractivity contribution in [3.63, 3.8) is 0 Å². The maximum absolute atomic E-state index is 14.6. The molecule has 0 saturated heterocycles. The molecule has 2 atom stereocenters. The van der Waals surface area contributed by atoms with Crippen molar-refractivity contribution in [3.8, 4) is 5.75 Å². The third-order valence-corrected chi connectivity index (χ3v) is 7.86. The smallest absolute Gasteiger partial charge is 0.266 e. The Balaban J connectivity index is 1.58. The molecule has 0 radical (unpaired) electrons. The van der Waals surface area contributed by atoms with Crippen LogP contribution in [0.5, 0.6) is 5.75 Å². The molecule has 3 N–H and O–H groups in total. The molecular formula is C35H35N9O4. The average molecular weight is 646 g/mol. The van der Waals surface area contributed by atoms with Gasteiger partial charge in [-0.2, -0.15) is 0 Å². The third kappa shape index (κ3) is 8.11. The van der Waals surface area contributed by atoms with E-state index in [4.69, 9.17) is 25.1 Å². The summed E-state index contributed by atoms with van der Waals surface area (Å²) < 4.78 is 12.3. The number of carbonyl (C=O) groups is 1. The van der Waals surface area contributed by atoms with Crippen LogP contribution in [0.3, 0.4) is 0 Å².